The van der Waals surface area contributed by atoms with E-state index in [1.807, 2.05) is 57.2 Å². The maximum absolute atomic E-state index is 6.02. The zero-order valence-corrected chi connectivity index (χ0v) is 15.2. The van der Waals surface area contributed by atoms with Crippen molar-refractivity contribution in [1.82, 2.24) is 4.98 Å². The van der Waals surface area contributed by atoms with Crippen LogP contribution in [0.25, 0.3) is 0 Å². The molecule has 2 aromatic rings. The Labute approximate surface area is 148 Å². The van der Waals surface area contributed by atoms with Crippen molar-refractivity contribution in [3.8, 4) is 11.5 Å². The van der Waals surface area contributed by atoms with Crippen molar-refractivity contribution < 1.29 is 14.3 Å². The minimum Gasteiger partial charge on any atom is -0.490 e. The normalized spacial score (nSPS) is 11.2. The minimum absolute atomic E-state index is 0.455. The van der Waals surface area contributed by atoms with Gasteiger partial charge in [-0.15, -0.1) is 0 Å². The van der Waals surface area contributed by atoms with Gasteiger partial charge in [-0.2, -0.15) is 0 Å². The molecule has 132 valence electrons. The monoisotopic (exact) mass is 340 g/mol. The Balaban J connectivity index is 2.06. The van der Waals surface area contributed by atoms with Crippen molar-refractivity contribution in [2.45, 2.75) is 27.4 Å². The lowest BCUT2D eigenvalue weighted by molar-refractivity contribution is 0.215. The van der Waals surface area contributed by atoms with Gasteiger partial charge in [0.15, 0.2) is 0 Å². The Kier molecular flexibility index (Phi) is 7.01. The molecule has 1 aromatic heterocycles. The lowest BCUT2D eigenvalue weighted by Crippen LogP contribution is -2.02. The lowest BCUT2D eigenvalue weighted by Gasteiger charge is -2.14. The first-order chi connectivity index (χ1) is 12.1. The summed E-state index contributed by atoms with van der Waals surface area (Å²) in [6.45, 7) is 7.04. The summed E-state index contributed by atoms with van der Waals surface area (Å²) in [5.74, 6) is 1.73. The highest BCUT2D eigenvalue weighted by atomic mass is 16.6. The van der Waals surface area contributed by atoms with Crippen LogP contribution in [0.5, 0.6) is 11.5 Å². The molecule has 0 radical (unpaired) electrons. The van der Waals surface area contributed by atoms with Gasteiger partial charge in [0.1, 0.15) is 31.8 Å². The van der Waals surface area contributed by atoms with Gasteiger partial charge < -0.3 is 14.3 Å². The van der Waals surface area contributed by atoms with Crippen molar-refractivity contribution in [1.29, 1.82) is 0 Å². The standard InChI is InChI=1S/C20H24N2O3/c1-5-6-9-24-19-10-15(2)20(16(3)11-19)25-14-17-7-8-21-18(12-17)13-22-23-4/h5-8,10-13H,9,14H2,1-4H3/b6-5+,22-13-. The van der Waals surface area contributed by atoms with Crippen LogP contribution in [0.15, 0.2) is 47.8 Å². The highest BCUT2D eigenvalue weighted by Gasteiger charge is 2.08. The van der Waals surface area contributed by atoms with Crippen LogP contribution >= 0.6 is 0 Å². The second-order valence-electron chi connectivity index (χ2n) is 5.56. The zero-order valence-electron chi connectivity index (χ0n) is 15.2. The summed E-state index contributed by atoms with van der Waals surface area (Å²) in [5.41, 5.74) is 3.83. The third-order valence-electron chi connectivity index (χ3n) is 3.53. The van der Waals surface area contributed by atoms with Crippen molar-refractivity contribution in [2.75, 3.05) is 13.7 Å². The number of ether oxygens (including phenoxy) is 2. The van der Waals surface area contributed by atoms with E-state index in [4.69, 9.17) is 9.47 Å². The van der Waals surface area contributed by atoms with Crippen LogP contribution in [0.4, 0.5) is 0 Å². The molecule has 0 unspecified atom stereocenters. The number of aromatic nitrogens is 1. The molecule has 2 rings (SSSR count). The molecule has 0 saturated heterocycles. The van der Waals surface area contributed by atoms with Crippen LogP contribution in [0.2, 0.25) is 0 Å². The number of benzene rings is 1. The van der Waals surface area contributed by atoms with Crippen molar-refractivity contribution in [3.63, 3.8) is 0 Å². The molecule has 0 aliphatic carbocycles. The second kappa shape index (κ2) is 9.47. The van der Waals surface area contributed by atoms with Crippen LogP contribution in [0.1, 0.15) is 29.3 Å². The molecular formula is C20H24N2O3. The number of oxime groups is 1. The molecule has 5 heteroatoms. The molecule has 0 bridgehead atoms. The zero-order chi connectivity index (χ0) is 18.1. The smallest absolute Gasteiger partial charge is 0.125 e. The Morgan fingerprint density at radius 1 is 1.12 bits per heavy atom. The van der Waals surface area contributed by atoms with E-state index < -0.39 is 0 Å². The molecule has 0 atom stereocenters. The van der Waals surface area contributed by atoms with Crippen LogP contribution in [0.3, 0.4) is 0 Å². The van der Waals surface area contributed by atoms with Gasteiger partial charge in [0.2, 0.25) is 0 Å². The molecule has 25 heavy (non-hydrogen) atoms. The fourth-order valence-electron chi connectivity index (χ4n) is 2.38. The van der Waals surface area contributed by atoms with Gasteiger partial charge in [0.05, 0.1) is 11.9 Å². The third kappa shape index (κ3) is 5.64. The average molecular weight is 340 g/mol. The van der Waals surface area contributed by atoms with Gasteiger partial charge in [-0.25, -0.2) is 0 Å². The van der Waals surface area contributed by atoms with Gasteiger partial charge >= 0.3 is 0 Å². The summed E-state index contributed by atoms with van der Waals surface area (Å²) in [4.78, 5) is 8.88. The van der Waals surface area contributed by atoms with Gasteiger partial charge in [-0.05, 0) is 61.7 Å². The summed E-state index contributed by atoms with van der Waals surface area (Å²) < 4.78 is 11.7. The molecular weight excluding hydrogens is 316 g/mol. The average Bonchev–Trinajstić information content (AvgIpc) is 2.60. The highest BCUT2D eigenvalue weighted by molar-refractivity contribution is 5.76. The van der Waals surface area contributed by atoms with Gasteiger partial charge in [-0.1, -0.05) is 17.3 Å². The Bertz CT molecular complexity index is 731. The molecule has 0 N–H and O–H groups in total. The highest BCUT2D eigenvalue weighted by Crippen LogP contribution is 2.29. The molecule has 0 aliphatic heterocycles. The first-order valence-electron chi connectivity index (χ1n) is 8.13. The fourth-order valence-corrected chi connectivity index (χ4v) is 2.38. The van der Waals surface area contributed by atoms with Crippen LogP contribution in [-0.2, 0) is 11.4 Å². The van der Waals surface area contributed by atoms with Crippen LogP contribution in [0, 0.1) is 13.8 Å². The molecule has 1 aromatic carbocycles. The van der Waals surface area contributed by atoms with Crippen LogP contribution < -0.4 is 9.47 Å². The van der Waals surface area contributed by atoms with Crippen molar-refractivity contribution >= 4 is 6.21 Å². The van der Waals surface area contributed by atoms with E-state index in [1.54, 1.807) is 12.4 Å². The number of allylic oxidation sites excluding steroid dienone is 1. The summed E-state index contributed by atoms with van der Waals surface area (Å²) in [6, 6.07) is 7.83. The second-order valence-corrected chi connectivity index (χ2v) is 5.56. The summed E-state index contributed by atoms with van der Waals surface area (Å²) >= 11 is 0. The number of hydrogen-bond acceptors (Lipinski definition) is 5. The SMILES string of the molecule is C/C=C/COc1cc(C)c(OCc2ccnc(/C=N\OC)c2)c(C)c1. The predicted octanol–water partition coefficient (Wildman–Crippen LogP) is 4.21. The number of hydrogen-bond donors (Lipinski definition) is 0. The van der Waals surface area contributed by atoms with E-state index in [9.17, 15) is 0 Å². The Morgan fingerprint density at radius 3 is 2.56 bits per heavy atom. The van der Waals surface area contributed by atoms with Gasteiger partial charge in [0, 0.05) is 6.20 Å². The number of rotatable bonds is 8. The van der Waals surface area contributed by atoms with E-state index in [1.165, 1.54) is 7.11 Å². The number of nitrogens with zero attached hydrogens (tertiary/aromatic N) is 2. The van der Waals surface area contributed by atoms with Gasteiger partial charge in [0.25, 0.3) is 0 Å². The Morgan fingerprint density at radius 2 is 1.88 bits per heavy atom. The summed E-state index contributed by atoms with van der Waals surface area (Å²) in [7, 11) is 1.50. The predicted molar refractivity (Wildman–Crippen MR) is 99.4 cm³/mol. The van der Waals surface area contributed by atoms with Crippen molar-refractivity contribution in [3.05, 3.63) is 65.0 Å². The minimum atomic E-state index is 0.455. The number of aryl methyl sites for hydroxylation is 2. The van der Waals surface area contributed by atoms with E-state index in [0.717, 1.165) is 33.9 Å². The maximum Gasteiger partial charge on any atom is 0.125 e. The van der Waals surface area contributed by atoms with Crippen LogP contribution in [-0.4, -0.2) is 24.9 Å². The molecule has 1 heterocycles. The quantitative estimate of drug-likeness (QED) is 0.410. The molecule has 0 amide bonds. The first-order valence-corrected chi connectivity index (χ1v) is 8.13. The molecule has 0 fully saturated rings. The van der Waals surface area contributed by atoms with Crippen molar-refractivity contribution in [2.24, 2.45) is 5.16 Å². The topological polar surface area (TPSA) is 52.9 Å². The number of pyridine rings is 1. The summed E-state index contributed by atoms with van der Waals surface area (Å²) in [6.07, 6.45) is 7.24. The lowest BCUT2D eigenvalue weighted by atomic mass is 10.1. The molecule has 5 nitrogen and oxygen atoms in total. The largest absolute Gasteiger partial charge is 0.490 e. The maximum atomic E-state index is 6.02. The van der Waals surface area contributed by atoms with E-state index in [2.05, 4.69) is 15.0 Å². The fraction of sp³-hybridized carbons (Fsp3) is 0.300. The molecule has 0 spiro atoms. The molecule has 0 saturated carbocycles. The Hall–Kier alpha value is -2.82. The van der Waals surface area contributed by atoms with E-state index in [0.29, 0.717) is 13.2 Å². The summed E-state index contributed by atoms with van der Waals surface area (Å²) in [5, 5.41) is 3.72. The van der Waals surface area contributed by atoms with E-state index >= 15 is 0 Å². The van der Waals surface area contributed by atoms with Gasteiger partial charge in [-0.3, -0.25) is 4.98 Å². The first kappa shape index (κ1) is 18.5. The van der Waals surface area contributed by atoms with E-state index in [-0.39, 0.29) is 0 Å². The third-order valence-corrected chi connectivity index (χ3v) is 3.53. The molecule has 0 aliphatic rings.